The number of hydrogen-bond acceptors (Lipinski definition) is 15. The molecule has 406 valence electrons. The number of amides is 2. The molecule has 9 rings (SSSR count). The summed E-state index contributed by atoms with van der Waals surface area (Å²) in [4.78, 5) is 36.2. The minimum atomic E-state index is -0.562. The van der Waals surface area contributed by atoms with Gasteiger partial charge in [0, 0.05) is 72.9 Å². The fraction of sp³-hybridized carbons (Fsp3) is 0.367. The van der Waals surface area contributed by atoms with Crippen LogP contribution in [-0.2, 0) is 32.4 Å². The van der Waals surface area contributed by atoms with Crippen LogP contribution in [0.3, 0.4) is 0 Å². The summed E-state index contributed by atoms with van der Waals surface area (Å²) >= 11 is 0. The van der Waals surface area contributed by atoms with E-state index in [9.17, 15) is 14.7 Å². The number of aromatic nitrogens is 2. The fourth-order valence-corrected chi connectivity index (χ4v) is 9.91. The van der Waals surface area contributed by atoms with Crippen molar-refractivity contribution in [2.24, 2.45) is 11.5 Å². The van der Waals surface area contributed by atoms with Gasteiger partial charge in [0.05, 0.1) is 66.1 Å². The summed E-state index contributed by atoms with van der Waals surface area (Å²) in [7, 11) is 0. The first kappa shape index (κ1) is 55.4. The Hall–Kier alpha value is -7.86. The van der Waals surface area contributed by atoms with Crippen molar-refractivity contribution in [2.75, 3.05) is 63.5 Å². The largest absolute Gasteiger partial charge is 0.490 e. The molecule has 1 saturated heterocycles. The summed E-state index contributed by atoms with van der Waals surface area (Å²) < 4.78 is 34.2. The number of likely N-dealkylation sites (tertiary alicyclic amines) is 1. The van der Waals surface area contributed by atoms with Crippen molar-refractivity contribution in [3.8, 4) is 34.5 Å². The van der Waals surface area contributed by atoms with Crippen LogP contribution < -0.4 is 55.8 Å². The molecule has 4 heterocycles. The third kappa shape index (κ3) is 13.2. The number of piperidine rings is 1. The molecular formula is C60H72N8O9. The van der Waals surface area contributed by atoms with Crippen LogP contribution in [0.5, 0.6) is 34.5 Å². The van der Waals surface area contributed by atoms with Gasteiger partial charge in [0.25, 0.3) is 11.8 Å². The highest BCUT2D eigenvalue weighted by Crippen LogP contribution is 2.41. The van der Waals surface area contributed by atoms with E-state index in [2.05, 4.69) is 62.9 Å². The van der Waals surface area contributed by atoms with Gasteiger partial charge in [0.1, 0.15) is 0 Å². The second-order valence-corrected chi connectivity index (χ2v) is 18.7. The number of nitrogens with two attached hydrogens (primary N) is 2. The standard InChI is InChI=1S/C32H36N4O5.C28H36N4O4/c1-4-22-21(17-34-13-12-20-10-11-27-28(14-20)41-19-40-27)8-7-9-25(22)36-31-23-15-29(38-5-2)30(39-6-3)16-26(23)35-18-24(31)32(33)37;1-4-20-18(17-32-12-10-19(33)11-13-32)8-7-9-23(20)31-27-21-14-25(35-5-2)26(36-6-3)15-24(21)30-16-22(27)28(29)34/h7-11,14-16,18,34H,4-6,12-13,17,19H2,1-3H3,(H2,33,37)(H,35,36);7-9,14-16,19,33H,4-6,10-13,17H2,1-3H3,(H2,29,34)(H,30,31). The van der Waals surface area contributed by atoms with E-state index in [-0.39, 0.29) is 12.9 Å². The summed E-state index contributed by atoms with van der Waals surface area (Å²) in [5.74, 6) is 2.88. The number of pyridine rings is 2. The second kappa shape index (κ2) is 26.3. The van der Waals surface area contributed by atoms with Crippen molar-refractivity contribution in [1.82, 2.24) is 20.2 Å². The van der Waals surface area contributed by atoms with Crippen LogP contribution in [0.2, 0.25) is 0 Å². The minimum Gasteiger partial charge on any atom is -0.490 e. The zero-order valence-electron chi connectivity index (χ0n) is 45.1. The zero-order chi connectivity index (χ0) is 54.4. The number of aliphatic hydroxyl groups excluding tert-OH is 1. The molecule has 0 aliphatic carbocycles. The van der Waals surface area contributed by atoms with E-state index in [1.165, 1.54) is 34.6 Å². The van der Waals surface area contributed by atoms with Crippen molar-refractivity contribution in [1.29, 1.82) is 0 Å². The van der Waals surface area contributed by atoms with Gasteiger partial charge in [-0.15, -0.1) is 0 Å². The lowest BCUT2D eigenvalue weighted by Gasteiger charge is -2.30. The van der Waals surface area contributed by atoms with Gasteiger partial charge in [-0.1, -0.05) is 44.2 Å². The number of carbonyl (C=O) groups is 2. The molecule has 0 unspecified atom stereocenters. The Morgan fingerprint density at radius 1 is 0.649 bits per heavy atom. The molecule has 5 aromatic carbocycles. The van der Waals surface area contributed by atoms with Crippen molar-refractivity contribution in [3.63, 3.8) is 0 Å². The molecule has 77 heavy (non-hydrogen) atoms. The molecular weight excluding hydrogens is 977 g/mol. The SMILES string of the molecule is CCOc1cc2ncc(C(N)=O)c(Nc3cccc(CN4CCC(O)CC4)c3CC)c2cc1OCC.CCOc1cc2ncc(C(N)=O)c(Nc3cccc(CNCCc4ccc5c(c4)OCO5)c3CC)c2cc1OCC. The van der Waals surface area contributed by atoms with Crippen LogP contribution in [0.1, 0.15) is 103 Å². The monoisotopic (exact) mass is 1050 g/mol. The molecule has 0 saturated carbocycles. The first-order chi connectivity index (χ1) is 37.5. The van der Waals surface area contributed by atoms with Crippen LogP contribution in [0, 0.1) is 0 Å². The highest BCUT2D eigenvalue weighted by atomic mass is 16.7. The number of ether oxygens (including phenoxy) is 6. The number of rotatable bonds is 23. The van der Waals surface area contributed by atoms with Crippen molar-refractivity contribution >= 4 is 56.4 Å². The highest BCUT2D eigenvalue weighted by Gasteiger charge is 2.23. The van der Waals surface area contributed by atoms with E-state index in [4.69, 9.17) is 39.9 Å². The maximum absolute atomic E-state index is 12.5. The van der Waals surface area contributed by atoms with Gasteiger partial charge in [0.15, 0.2) is 34.5 Å². The number of hydrogen-bond donors (Lipinski definition) is 6. The van der Waals surface area contributed by atoms with E-state index in [1.54, 1.807) is 0 Å². The molecule has 0 bridgehead atoms. The van der Waals surface area contributed by atoms with Gasteiger partial charge in [-0.25, -0.2) is 0 Å². The smallest absolute Gasteiger partial charge is 0.252 e. The van der Waals surface area contributed by atoms with Crippen LogP contribution >= 0.6 is 0 Å². The first-order valence-corrected chi connectivity index (χ1v) is 26.8. The molecule has 17 nitrogen and oxygen atoms in total. The maximum Gasteiger partial charge on any atom is 0.252 e. The molecule has 7 aromatic rings. The van der Waals surface area contributed by atoms with Crippen LogP contribution in [-0.4, -0.2) is 90.7 Å². The van der Waals surface area contributed by atoms with E-state index in [0.29, 0.717) is 89.5 Å². The summed E-state index contributed by atoms with van der Waals surface area (Å²) in [6.07, 6.45) is 6.92. The lowest BCUT2D eigenvalue weighted by atomic mass is 9.99. The zero-order valence-corrected chi connectivity index (χ0v) is 45.1. The van der Waals surface area contributed by atoms with Crippen LogP contribution in [0.25, 0.3) is 21.8 Å². The Labute approximate surface area is 450 Å². The third-order valence-electron chi connectivity index (χ3n) is 13.7. The number of primary amides is 2. The number of nitrogens with one attached hydrogen (secondary N) is 3. The van der Waals surface area contributed by atoms with Gasteiger partial charge < -0.3 is 60.9 Å². The van der Waals surface area contributed by atoms with Crippen LogP contribution in [0.15, 0.2) is 91.3 Å². The predicted octanol–water partition coefficient (Wildman–Crippen LogP) is 9.89. The van der Waals surface area contributed by atoms with E-state index < -0.39 is 11.8 Å². The Balaban J connectivity index is 0.000000205. The maximum atomic E-state index is 12.5. The van der Waals surface area contributed by atoms with E-state index >= 15 is 0 Å². The minimum absolute atomic E-state index is 0.197. The summed E-state index contributed by atoms with van der Waals surface area (Å²) in [5.41, 5.74) is 22.5. The summed E-state index contributed by atoms with van der Waals surface area (Å²) in [6.45, 7) is 18.2. The molecule has 0 spiro atoms. The summed E-state index contributed by atoms with van der Waals surface area (Å²) in [5, 5.41) is 21.9. The highest BCUT2D eigenvalue weighted by molar-refractivity contribution is 6.09. The number of carbonyl (C=O) groups excluding carboxylic acids is 2. The van der Waals surface area contributed by atoms with Gasteiger partial charge in [0.2, 0.25) is 6.79 Å². The second-order valence-electron chi connectivity index (χ2n) is 18.7. The Morgan fingerprint density at radius 3 is 1.65 bits per heavy atom. The number of benzene rings is 5. The van der Waals surface area contributed by atoms with Gasteiger partial charge in [-0.2, -0.15) is 0 Å². The lowest BCUT2D eigenvalue weighted by Crippen LogP contribution is -2.35. The fourth-order valence-electron chi connectivity index (χ4n) is 9.91. The van der Waals surface area contributed by atoms with Crippen molar-refractivity contribution < 1.29 is 43.1 Å². The van der Waals surface area contributed by atoms with Crippen LogP contribution in [0.4, 0.5) is 22.7 Å². The van der Waals surface area contributed by atoms with E-state index in [0.717, 1.165) is 97.5 Å². The van der Waals surface area contributed by atoms with Crippen molar-refractivity contribution in [2.45, 2.75) is 92.8 Å². The topological polar surface area (TPSA) is 227 Å². The molecule has 2 aliphatic rings. The first-order valence-electron chi connectivity index (χ1n) is 26.8. The van der Waals surface area contributed by atoms with E-state index in [1.807, 2.05) is 88.4 Å². The average molecular weight is 1050 g/mol. The Bertz CT molecular complexity index is 3200. The molecule has 0 radical (unpaired) electrons. The van der Waals surface area contributed by atoms with Crippen molar-refractivity contribution in [3.05, 3.63) is 130 Å². The normalized spacial score (nSPS) is 13.2. The number of nitrogens with zero attached hydrogens (tertiary/aromatic N) is 3. The summed E-state index contributed by atoms with van der Waals surface area (Å²) in [6, 6.07) is 25.8. The molecule has 2 aromatic heterocycles. The predicted molar refractivity (Wildman–Crippen MR) is 302 cm³/mol. The Kier molecular flexibility index (Phi) is 18.9. The quantitative estimate of drug-likeness (QED) is 0.0328. The molecule has 2 amide bonds. The van der Waals surface area contributed by atoms with Gasteiger partial charge in [-0.3, -0.25) is 24.5 Å². The lowest BCUT2D eigenvalue weighted by molar-refractivity contribution is 0.0791. The number of anilines is 4. The average Bonchev–Trinajstić information content (AvgIpc) is 3.93. The molecule has 8 N–H and O–H groups in total. The third-order valence-corrected chi connectivity index (χ3v) is 13.7. The molecule has 2 aliphatic heterocycles. The van der Waals surface area contributed by atoms with Gasteiger partial charge >= 0.3 is 0 Å². The molecule has 17 heteroatoms. The number of fused-ring (bicyclic) bond motifs is 3. The Morgan fingerprint density at radius 2 is 1.14 bits per heavy atom. The molecule has 1 fully saturated rings. The van der Waals surface area contributed by atoms with Gasteiger partial charge in [-0.05, 0) is 131 Å². The molecule has 0 atom stereocenters. The number of aliphatic hydroxyl groups is 1.